The minimum absolute atomic E-state index is 0.657. The first-order valence-corrected chi connectivity index (χ1v) is 17.6. The monoisotopic (exact) mass is 650 g/mol. The van der Waals surface area contributed by atoms with Crippen LogP contribution in [0.3, 0.4) is 0 Å². The lowest BCUT2D eigenvalue weighted by atomic mass is 9.99. The molecule has 2 heterocycles. The number of para-hydroxylation sites is 1. The summed E-state index contributed by atoms with van der Waals surface area (Å²) in [6.07, 6.45) is 6.61. The van der Waals surface area contributed by atoms with Crippen molar-refractivity contribution in [3.63, 3.8) is 0 Å². The lowest BCUT2D eigenvalue weighted by Gasteiger charge is -2.17. The van der Waals surface area contributed by atoms with Crippen molar-refractivity contribution in [2.75, 3.05) is 0 Å². The van der Waals surface area contributed by atoms with E-state index in [2.05, 4.69) is 144 Å². The smallest absolute Gasteiger partial charge is 0.164 e. The predicted molar refractivity (Wildman–Crippen MR) is 210 cm³/mol. The van der Waals surface area contributed by atoms with E-state index in [-0.39, 0.29) is 0 Å². The highest BCUT2D eigenvalue weighted by molar-refractivity contribution is 6.16. The Morgan fingerprint density at radius 1 is 0.471 bits per heavy atom. The van der Waals surface area contributed by atoms with Gasteiger partial charge in [0.2, 0.25) is 0 Å². The van der Waals surface area contributed by atoms with Crippen molar-refractivity contribution >= 4 is 38.5 Å². The standard InChI is InChI=1S/C47H30N4/c1-2-13-29(14-3-1)45-48-46(32-25-31-16-12-22-39-35-18-6-7-19-36(35)40(27-32)44(31)39)50-47(49-45)41-28-33(26-30-15-4-5-17-34(30)41)51-42-23-10-8-20-37(42)38-21-9-11-24-43(38)51/h1-10,12-23,25-28H,11,24H2. The van der Waals surface area contributed by atoms with Gasteiger partial charge < -0.3 is 4.57 Å². The molecule has 2 aliphatic rings. The van der Waals surface area contributed by atoms with E-state index >= 15 is 0 Å². The van der Waals surface area contributed by atoms with E-state index in [1.165, 1.54) is 55.2 Å². The lowest BCUT2D eigenvalue weighted by molar-refractivity contribution is 0.889. The number of hydrogen-bond donors (Lipinski definition) is 0. The molecule has 4 nitrogen and oxygen atoms in total. The second kappa shape index (κ2) is 10.9. The van der Waals surface area contributed by atoms with Crippen LogP contribution < -0.4 is 0 Å². The summed E-state index contributed by atoms with van der Waals surface area (Å²) in [4.78, 5) is 15.7. The molecular formula is C47H30N4. The van der Waals surface area contributed by atoms with Gasteiger partial charge in [-0.2, -0.15) is 0 Å². The van der Waals surface area contributed by atoms with E-state index in [0.29, 0.717) is 17.5 Å². The zero-order valence-corrected chi connectivity index (χ0v) is 27.7. The Balaban J connectivity index is 1.18. The van der Waals surface area contributed by atoms with Gasteiger partial charge in [-0.25, -0.2) is 15.0 Å². The van der Waals surface area contributed by atoms with Crippen molar-refractivity contribution in [1.29, 1.82) is 0 Å². The molecule has 0 N–H and O–H groups in total. The van der Waals surface area contributed by atoms with Crippen LogP contribution in [0.4, 0.5) is 0 Å². The molecule has 0 radical (unpaired) electrons. The summed E-state index contributed by atoms with van der Waals surface area (Å²) in [5, 5.41) is 6.01. The number of rotatable bonds is 4. The number of benzene rings is 7. The Morgan fingerprint density at radius 2 is 1.16 bits per heavy atom. The molecule has 11 rings (SSSR count). The third-order valence-corrected chi connectivity index (χ3v) is 10.6. The van der Waals surface area contributed by atoms with E-state index in [0.717, 1.165) is 46.0 Å². The quantitative estimate of drug-likeness (QED) is 0.190. The van der Waals surface area contributed by atoms with E-state index in [1.807, 2.05) is 18.2 Å². The fourth-order valence-electron chi connectivity index (χ4n) is 8.36. The minimum atomic E-state index is 0.657. The molecular weight excluding hydrogens is 621 g/mol. The number of nitrogens with zero attached hydrogens (tertiary/aromatic N) is 4. The zero-order chi connectivity index (χ0) is 33.5. The Morgan fingerprint density at radius 3 is 2.04 bits per heavy atom. The first-order chi connectivity index (χ1) is 25.3. The van der Waals surface area contributed by atoms with E-state index < -0.39 is 0 Å². The maximum atomic E-state index is 5.33. The predicted octanol–water partition coefficient (Wildman–Crippen LogP) is 11.7. The van der Waals surface area contributed by atoms with Gasteiger partial charge >= 0.3 is 0 Å². The summed E-state index contributed by atoms with van der Waals surface area (Å²) in [6, 6.07) is 52.0. The summed E-state index contributed by atoms with van der Waals surface area (Å²) >= 11 is 0. The van der Waals surface area contributed by atoms with E-state index in [9.17, 15) is 0 Å². The molecule has 0 bridgehead atoms. The van der Waals surface area contributed by atoms with Crippen LogP contribution in [0.5, 0.6) is 0 Å². The minimum Gasteiger partial charge on any atom is -0.313 e. The lowest BCUT2D eigenvalue weighted by Crippen LogP contribution is -2.05. The third kappa shape index (κ3) is 4.30. The molecule has 9 aromatic rings. The summed E-state index contributed by atoms with van der Waals surface area (Å²) < 4.78 is 2.45. The molecule has 0 saturated heterocycles. The van der Waals surface area contributed by atoms with Gasteiger partial charge in [0.05, 0.1) is 5.52 Å². The summed E-state index contributed by atoms with van der Waals surface area (Å²) in [5.74, 6) is 1.98. The Kier molecular flexibility index (Phi) is 6.05. The SMILES string of the molecule is C1=Cc2c(n(-c3cc(-c4nc(-c5ccccc5)nc(-c5cc6c7c(cccc7c5)-c5ccccc5-6)n4)c4ccccc4c3)c3ccccc23)CC1. The summed E-state index contributed by atoms with van der Waals surface area (Å²) in [5.41, 5.74) is 12.9. The molecule has 0 unspecified atom stereocenters. The van der Waals surface area contributed by atoms with Crippen molar-refractivity contribution in [2.45, 2.75) is 12.8 Å². The highest BCUT2D eigenvalue weighted by Crippen LogP contribution is 2.48. The fourth-order valence-corrected chi connectivity index (χ4v) is 8.36. The maximum absolute atomic E-state index is 5.33. The second-order valence-electron chi connectivity index (χ2n) is 13.5. The molecule has 2 aliphatic carbocycles. The molecule has 2 aromatic heterocycles. The number of fused-ring (bicyclic) bond motifs is 7. The van der Waals surface area contributed by atoms with Crippen LogP contribution in [-0.4, -0.2) is 19.5 Å². The first kappa shape index (κ1) is 28.2. The van der Waals surface area contributed by atoms with Crippen molar-refractivity contribution < 1.29 is 0 Å². The third-order valence-electron chi connectivity index (χ3n) is 10.6. The number of aromatic nitrogens is 4. The maximum Gasteiger partial charge on any atom is 0.164 e. The van der Waals surface area contributed by atoms with Gasteiger partial charge in [0.1, 0.15) is 0 Å². The van der Waals surface area contributed by atoms with Crippen molar-refractivity contribution in [1.82, 2.24) is 19.5 Å². The van der Waals surface area contributed by atoms with E-state index in [1.54, 1.807) is 0 Å². The first-order valence-electron chi connectivity index (χ1n) is 17.6. The van der Waals surface area contributed by atoms with Crippen molar-refractivity contribution in [3.8, 4) is 62.1 Å². The van der Waals surface area contributed by atoms with Crippen LogP contribution in [0.2, 0.25) is 0 Å². The van der Waals surface area contributed by atoms with Crippen molar-refractivity contribution in [3.05, 3.63) is 163 Å². The molecule has 51 heavy (non-hydrogen) atoms. The Hall–Kier alpha value is -6.65. The largest absolute Gasteiger partial charge is 0.313 e. The van der Waals surface area contributed by atoms with Crippen LogP contribution >= 0.6 is 0 Å². The van der Waals surface area contributed by atoms with Crippen molar-refractivity contribution in [2.24, 2.45) is 0 Å². The summed E-state index contributed by atoms with van der Waals surface area (Å²) in [6.45, 7) is 0. The molecule has 0 saturated carbocycles. The molecule has 0 atom stereocenters. The zero-order valence-electron chi connectivity index (χ0n) is 27.7. The normalized spacial score (nSPS) is 12.9. The Labute approximate surface area is 295 Å². The van der Waals surface area contributed by atoms with Gasteiger partial charge in [0, 0.05) is 39.0 Å². The topological polar surface area (TPSA) is 43.6 Å². The van der Waals surface area contributed by atoms with Crippen LogP contribution in [0, 0.1) is 0 Å². The van der Waals surface area contributed by atoms with Crippen LogP contribution in [0.1, 0.15) is 17.7 Å². The highest BCUT2D eigenvalue weighted by atomic mass is 15.0. The van der Waals surface area contributed by atoms with Crippen LogP contribution in [-0.2, 0) is 6.42 Å². The molecule has 0 aliphatic heterocycles. The molecule has 4 heteroatoms. The molecule has 7 aromatic carbocycles. The van der Waals surface area contributed by atoms with Gasteiger partial charge in [-0.05, 0) is 87.0 Å². The number of hydrogen-bond acceptors (Lipinski definition) is 3. The van der Waals surface area contributed by atoms with Gasteiger partial charge in [0.25, 0.3) is 0 Å². The number of allylic oxidation sites excluding steroid dienone is 1. The summed E-state index contributed by atoms with van der Waals surface area (Å²) in [7, 11) is 0. The van der Waals surface area contributed by atoms with Crippen LogP contribution in [0.15, 0.2) is 152 Å². The average Bonchev–Trinajstić information content (AvgIpc) is 3.71. The highest BCUT2D eigenvalue weighted by Gasteiger charge is 2.24. The average molecular weight is 651 g/mol. The molecule has 0 spiro atoms. The molecule has 0 amide bonds. The van der Waals surface area contributed by atoms with Gasteiger partial charge in [0.15, 0.2) is 17.5 Å². The van der Waals surface area contributed by atoms with Gasteiger partial charge in [-0.3, -0.25) is 0 Å². The molecule has 0 fully saturated rings. The second-order valence-corrected chi connectivity index (χ2v) is 13.5. The van der Waals surface area contributed by atoms with E-state index in [4.69, 9.17) is 15.0 Å². The van der Waals surface area contributed by atoms with Gasteiger partial charge in [-0.15, -0.1) is 0 Å². The van der Waals surface area contributed by atoms with Crippen LogP contribution in [0.25, 0.3) is 101 Å². The fraction of sp³-hybridized carbons (Fsp3) is 0.0426. The van der Waals surface area contributed by atoms with Gasteiger partial charge in [-0.1, -0.05) is 127 Å². The Bertz CT molecular complexity index is 2920. The molecule has 238 valence electrons.